The topological polar surface area (TPSA) is 132 Å². The van der Waals surface area contributed by atoms with E-state index in [1.54, 1.807) is 6.92 Å². The van der Waals surface area contributed by atoms with Gasteiger partial charge >= 0.3 is 0 Å². The van der Waals surface area contributed by atoms with Gasteiger partial charge < -0.3 is 34.3 Å². The average molecular weight is 519 g/mol. The zero-order valence-corrected chi connectivity index (χ0v) is 21.4. The molecule has 5 aromatic rings. The number of aromatic hydroxyl groups is 2. The highest BCUT2D eigenvalue weighted by Gasteiger charge is 2.33. The van der Waals surface area contributed by atoms with Crippen molar-refractivity contribution in [2.75, 3.05) is 21.0 Å². The Morgan fingerprint density at radius 1 is 0.789 bits per heavy atom. The highest BCUT2D eigenvalue weighted by molar-refractivity contribution is 6.38. The van der Waals surface area contributed by atoms with Crippen LogP contribution in [0.3, 0.4) is 0 Å². The zero-order valence-electron chi connectivity index (χ0n) is 21.4. The lowest BCUT2D eigenvalue weighted by Crippen LogP contribution is -2.16. The van der Waals surface area contributed by atoms with Crippen LogP contribution in [0.4, 0.5) is 0 Å². The summed E-state index contributed by atoms with van der Waals surface area (Å²) in [6.07, 6.45) is 0.322. The van der Waals surface area contributed by atoms with Crippen molar-refractivity contribution in [1.29, 1.82) is 0 Å². The van der Waals surface area contributed by atoms with Gasteiger partial charge in [0.15, 0.2) is 11.5 Å². The Bertz CT molecular complexity index is 1890. The molecule has 0 unspecified atom stereocenters. The van der Waals surface area contributed by atoms with E-state index in [0.29, 0.717) is 56.3 Å². The number of aliphatic hydroxyl groups excluding tert-OH is 1. The van der Waals surface area contributed by atoms with Crippen LogP contribution in [-0.2, 0) is 12.8 Å². The van der Waals surface area contributed by atoms with E-state index >= 15 is 0 Å². The maximum atomic E-state index is 13.8. The third-order valence-corrected chi connectivity index (χ3v) is 7.40. The number of ether oxygens (including phenoxy) is 4. The second-order valence-corrected chi connectivity index (χ2v) is 9.68. The van der Waals surface area contributed by atoms with Gasteiger partial charge in [0, 0.05) is 51.2 Å². The minimum Gasteiger partial charge on any atom is -0.507 e. The average Bonchev–Trinajstić information content (AvgIpc) is 3.04. The molecule has 6 rings (SSSR count). The summed E-state index contributed by atoms with van der Waals surface area (Å²) in [5, 5.41) is 35.7. The summed E-state index contributed by atoms with van der Waals surface area (Å²) in [4.78, 5) is 27.5. The van der Waals surface area contributed by atoms with Crippen molar-refractivity contribution in [3.63, 3.8) is 0 Å². The van der Waals surface area contributed by atoms with Gasteiger partial charge in [0.05, 0.1) is 31.1 Å². The first-order valence-electron chi connectivity index (χ1n) is 12.4. The summed E-state index contributed by atoms with van der Waals surface area (Å²) < 4.78 is 22.9. The maximum absolute atomic E-state index is 13.8. The number of methoxy groups -OCH3 is 2. The largest absolute Gasteiger partial charge is 0.507 e. The van der Waals surface area contributed by atoms with E-state index in [9.17, 15) is 24.9 Å². The van der Waals surface area contributed by atoms with Gasteiger partial charge in [0.25, 0.3) is 0 Å². The molecule has 9 nitrogen and oxygen atoms in total. The van der Waals surface area contributed by atoms with Crippen LogP contribution in [0.25, 0.3) is 43.1 Å². The van der Waals surface area contributed by atoms with Gasteiger partial charge in [-0.1, -0.05) is 13.3 Å². The molecule has 1 aliphatic heterocycles. The highest BCUT2D eigenvalue weighted by Crippen LogP contribution is 2.54. The van der Waals surface area contributed by atoms with Gasteiger partial charge in [-0.05, 0) is 24.1 Å². The summed E-state index contributed by atoms with van der Waals surface area (Å²) in [6, 6.07) is 2.72. The van der Waals surface area contributed by atoms with E-state index in [-0.39, 0.29) is 58.5 Å². The number of aliphatic hydroxyl groups is 1. The fraction of sp³-hybridized carbons (Fsp3) is 0.310. The molecule has 0 bridgehead atoms. The number of phenols is 2. The lowest BCUT2D eigenvalue weighted by Gasteiger charge is -2.23. The predicted octanol–water partition coefficient (Wildman–Crippen LogP) is 3.93. The molecule has 1 aliphatic rings. The summed E-state index contributed by atoms with van der Waals surface area (Å²) in [7, 11) is 2.77. The molecule has 0 radical (unpaired) electrons. The van der Waals surface area contributed by atoms with Gasteiger partial charge in [-0.2, -0.15) is 0 Å². The number of hydrogen-bond donors (Lipinski definition) is 3. The van der Waals surface area contributed by atoms with Crippen molar-refractivity contribution in [1.82, 2.24) is 0 Å². The second kappa shape index (κ2) is 8.39. The van der Waals surface area contributed by atoms with Crippen LogP contribution < -0.4 is 29.8 Å². The van der Waals surface area contributed by atoms with Crippen molar-refractivity contribution < 1.29 is 34.3 Å². The molecule has 0 aromatic heterocycles. The van der Waals surface area contributed by atoms with E-state index in [1.807, 2.05) is 6.92 Å². The van der Waals surface area contributed by atoms with Gasteiger partial charge in [0.1, 0.15) is 23.0 Å². The standard InChI is InChI=1S/C29H26O9/c1-5-6-12-18-19-13(7-11(2)30)29(36-4)27(34)21-15(32)9-17-23(25(19)21)22-16(37-10-38-17)8-14(31)20(24(18)22)26(33)28(12)35-3/h8-9,11,30-32H,5-7,10H2,1-4H3/t11-/m0/s1. The Morgan fingerprint density at radius 3 is 1.71 bits per heavy atom. The van der Waals surface area contributed by atoms with Crippen molar-refractivity contribution >= 4 is 43.1 Å². The first kappa shape index (κ1) is 24.1. The molecule has 0 fully saturated rings. The summed E-state index contributed by atoms with van der Waals surface area (Å²) in [5.41, 5.74) is 0.0178. The molecule has 5 aromatic carbocycles. The SMILES string of the molecule is CCCc1c(OC)c(=O)c2c(O)cc3c4c5c(cc(O)c6c(=O)c(OC)c(C[C@H](C)O)c(c1c24)c65)OCO3. The smallest absolute Gasteiger partial charge is 0.232 e. The lowest BCUT2D eigenvalue weighted by atomic mass is 9.82. The Balaban J connectivity index is 2.13. The van der Waals surface area contributed by atoms with Crippen LogP contribution in [0.1, 0.15) is 31.4 Å². The molecule has 1 atom stereocenters. The molecule has 9 heteroatoms. The third kappa shape index (κ3) is 2.96. The Hall–Kier alpha value is -4.24. The van der Waals surface area contributed by atoms with Crippen molar-refractivity contribution in [2.45, 2.75) is 39.2 Å². The van der Waals surface area contributed by atoms with Crippen molar-refractivity contribution in [3.05, 3.63) is 43.7 Å². The Morgan fingerprint density at radius 2 is 1.26 bits per heavy atom. The fourth-order valence-electron chi connectivity index (χ4n) is 6.12. The van der Waals surface area contributed by atoms with Crippen LogP contribution in [0, 0.1) is 0 Å². The first-order valence-corrected chi connectivity index (χ1v) is 12.4. The number of rotatable bonds is 6. The summed E-state index contributed by atoms with van der Waals surface area (Å²) in [6.45, 7) is 3.35. The number of hydrogen-bond acceptors (Lipinski definition) is 9. The minimum absolute atomic E-state index is 0.0148. The van der Waals surface area contributed by atoms with Gasteiger partial charge in [-0.3, -0.25) is 9.59 Å². The normalized spacial score (nSPS) is 13.8. The Labute approximate surface area is 216 Å². The molecule has 38 heavy (non-hydrogen) atoms. The summed E-state index contributed by atoms with van der Waals surface area (Å²) >= 11 is 0. The van der Waals surface area contributed by atoms with E-state index in [2.05, 4.69) is 0 Å². The molecule has 0 saturated carbocycles. The summed E-state index contributed by atoms with van der Waals surface area (Å²) in [5.74, 6) is 0.0381. The van der Waals surface area contributed by atoms with E-state index < -0.39 is 17.0 Å². The third-order valence-electron chi connectivity index (χ3n) is 7.40. The molecule has 0 aliphatic carbocycles. The van der Waals surface area contributed by atoms with Crippen molar-refractivity contribution in [2.24, 2.45) is 0 Å². The van der Waals surface area contributed by atoms with E-state index in [0.717, 1.165) is 0 Å². The van der Waals surface area contributed by atoms with Crippen LogP contribution in [0.5, 0.6) is 34.5 Å². The molecular weight excluding hydrogens is 492 g/mol. The first-order chi connectivity index (χ1) is 18.2. The van der Waals surface area contributed by atoms with Gasteiger partial charge in [-0.15, -0.1) is 0 Å². The highest BCUT2D eigenvalue weighted by atomic mass is 16.7. The van der Waals surface area contributed by atoms with Crippen LogP contribution in [0.15, 0.2) is 21.7 Å². The number of fused-ring (bicyclic) bond motifs is 1. The molecule has 0 saturated heterocycles. The van der Waals surface area contributed by atoms with Crippen LogP contribution in [0.2, 0.25) is 0 Å². The quantitative estimate of drug-likeness (QED) is 0.226. The minimum atomic E-state index is -0.848. The lowest BCUT2D eigenvalue weighted by molar-refractivity contribution is 0.125. The molecule has 0 amide bonds. The Kier molecular flexibility index (Phi) is 5.32. The van der Waals surface area contributed by atoms with Gasteiger partial charge in [-0.25, -0.2) is 0 Å². The number of aryl methyl sites for hydroxylation is 1. The van der Waals surface area contributed by atoms with Gasteiger partial charge in [0.2, 0.25) is 17.7 Å². The van der Waals surface area contributed by atoms with Crippen molar-refractivity contribution in [3.8, 4) is 34.5 Å². The number of benzene rings is 5. The maximum Gasteiger partial charge on any atom is 0.232 e. The second-order valence-electron chi connectivity index (χ2n) is 9.68. The van der Waals surface area contributed by atoms with Crippen LogP contribution >= 0.6 is 0 Å². The molecule has 3 N–H and O–H groups in total. The number of phenolic OH excluding ortho intramolecular Hbond substituents is 2. The zero-order chi connectivity index (χ0) is 27.0. The molecule has 196 valence electrons. The molecule has 1 heterocycles. The monoisotopic (exact) mass is 518 g/mol. The van der Waals surface area contributed by atoms with E-state index in [1.165, 1.54) is 26.4 Å². The van der Waals surface area contributed by atoms with E-state index in [4.69, 9.17) is 18.9 Å². The molecule has 0 spiro atoms. The van der Waals surface area contributed by atoms with Crippen LogP contribution in [-0.4, -0.2) is 42.4 Å². The predicted molar refractivity (Wildman–Crippen MR) is 143 cm³/mol. The fourth-order valence-corrected chi connectivity index (χ4v) is 6.12. The molecular formula is C29H26O9.